The first-order valence-electron chi connectivity index (χ1n) is 16.3. The van der Waals surface area contributed by atoms with E-state index in [0.717, 1.165) is 12.5 Å². The van der Waals surface area contributed by atoms with Crippen LogP contribution in [0.25, 0.3) is 16.8 Å². The SMILES string of the molecule is C1CCCC1.FB(F)F.FB(F)F.[F-].[F-].[Fe].c1ccc(-[n+]2ccc(-c3cc[n+](CCCCCCCCC4CCCC4)cc3)cc2)cc1. The van der Waals surface area contributed by atoms with E-state index in [1.807, 2.05) is 0 Å². The molecule has 2 aliphatic rings. The first-order valence-corrected chi connectivity index (χ1v) is 16.3. The van der Waals surface area contributed by atoms with Gasteiger partial charge < -0.3 is 9.41 Å². The number of nitrogens with zero attached hydrogens (tertiary/aromatic N) is 2. The van der Waals surface area contributed by atoms with Crippen LogP contribution in [0.5, 0.6) is 0 Å². The Morgan fingerprint density at radius 1 is 0.532 bits per heavy atom. The van der Waals surface area contributed by atoms with Gasteiger partial charge in [-0.3, -0.25) is 25.9 Å². The van der Waals surface area contributed by atoms with E-state index in [9.17, 15) is 25.9 Å². The van der Waals surface area contributed by atoms with E-state index >= 15 is 0 Å². The largest absolute Gasteiger partial charge is 1.00 e. The van der Waals surface area contributed by atoms with Gasteiger partial charge in [-0.2, -0.15) is 4.57 Å². The van der Waals surface area contributed by atoms with E-state index in [0.29, 0.717) is 0 Å². The average Bonchev–Trinajstić information content (AvgIpc) is 3.77. The topological polar surface area (TPSA) is 7.76 Å². The van der Waals surface area contributed by atoms with Crippen LogP contribution in [0, 0.1) is 5.92 Å². The van der Waals surface area contributed by atoms with Gasteiger partial charge in [0.25, 0.3) is 0 Å². The van der Waals surface area contributed by atoms with Crippen LogP contribution in [-0.4, -0.2) is 15.1 Å². The minimum absolute atomic E-state index is 0. The number of aryl methyl sites for hydroxylation is 1. The summed E-state index contributed by atoms with van der Waals surface area (Å²) in [4.78, 5) is 0. The molecule has 0 bridgehead atoms. The molecule has 5 rings (SSSR count). The molecule has 0 unspecified atom stereocenters. The van der Waals surface area contributed by atoms with Crippen LogP contribution in [0.1, 0.15) is 103 Å². The fourth-order valence-electron chi connectivity index (χ4n) is 5.81. The Labute approximate surface area is 287 Å². The molecule has 2 nitrogen and oxygen atoms in total. The van der Waals surface area contributed by atoms with E-state index in [2.05, 4.69) is 88.5 Å². The number of hydrogen-bond acceptors (Lipinski definition) is 0. The van der Waals surface area contributed by atoms with Gasteiger partial charge in [0.05, 0.1) is 0 Å². The molecule has 0 atom stereocenters. The van der Waals surface area contributed by atoms with Crippen LogP contribution >= 0.6 is 0 Å². The second-order valence-corrected chi connectivity index (χ2v) is 11.5. The van der Waals surface area contributed by atoms with Gasteiger partial charge in [0, 0.05) is 59.9 Å². The quantitative estimate of drug-likeness (QED) is 0.119. The molecule has 0 radical (unpaired) electrons. The summed E-state index contributed by atoms with van der Waals surface area (Å²) in [5.41, 5.74) is 3.73. The van der Waals surface area contributed by atoms with Crippen molar-refractivity contribution in [3.05, 3.63) is 79.4 Å². The Balaban J connectivity index is 0. The molecule has 1 aromatic carbocycles. The summed E-state index contributed by atoms with van der Waals surface area (Å²) in [5.74, 6) is 1.07. The molecular weight excluding hydrogens is 666 g/mol. The molecule has 2 fully saturated rings. The van der Waals surface area contributed by atoms with Crippen molar-refractivity contribution in [1.82, 2.24) is 0 Å². The molecule has 2 heterocycles. The maximum absolute atomic E-state index is 9.67. The molecule has 0 N–H and O–H groups in total. The number of hydrogen-bond donors (Lipinski definition) is 0. The summed E-state index contributed by atoms with van der Waals surface area (Å²) >= 11 is 0. The first-order chi connectivity index (χ1) is 21.3. The zero-order valence-corrected chi connectivity index (χ0v) is 28.1. The van der Waals surface area contributed by atoms with E-state index < -0.39 is 15.1 Å². The summed E-state index contributed by atoms with van der Waals surface area (Å²) in [6, 6.07) is 19.3. The van der Waals surface area contributed by atoms with Crippen molar-refractivity contribution in [2.45, 2.75) is 109 Å². The average molecular weight is 714 g/mol. The van der Waals surface area contributed by atoms with Crippen molar-refractivity contribution < 1.29 is 61.5 Å². The molecular formula is C34H48B2F8FeN2. The predicted molar refractivity (Wildman–Crippen MR) is 169 cm³/mol. The van der Waals surface area contributed by atoms with E-state index in [-0.39, 0.29) is 26.5 Å². The molecule has 13 heteroatoms. The summed E-state index contributed by atoms with van der Waals surface area (Å²) in [5, 5.41) is 0. The van der Waals surface area contributed by atoms with E-state index in [1.165, 1.54) is 120 Å². The fourth-order valence-corrected chi connectivity index (χ4v) is 5.81. The monoisotopic (exact) mass is 714 g/mol. The van der Waals surface area contributed by atoms with Gasteiger partial charge in [-0.15, -0.1) is 0 Å². The molecule has 0 spiro atoms. The van der Waals surface area contributed by atoms with E-state index in [1.54, 1.807) is 0 Å². The van der Waals surface area contributed by atoms with Gasteiger partial charge >= 0.3 is 15.1 Å². The summed E-state index contributed by atoms with van der Waals surface area (Å²) in [7, 11) is -7.33. The molecule has 3 aromatic rings. The number of para-hydroxylation sites is 1. The minimum Gasteiger partial charge on any atom is -1.00 e. The normalized spacial score (nSPS) is 13.1. The molecule has 47 heavy (non-hydrogen) atoms. The number of benzene rings is 1. The van der Waals surface area contributed by atoms with Crippen LogP contribution in [0.2, 0.25) is 0 Å². The predicted octanol–water partition coefficient (Wildman–Crippen LogP) is 4.55. The number of halogens is 8. The summed E-state index contributed by atoms with van der Waals surface area (Å²) in [6.45, 7) is 1.13. The Morgan fingerprint density at radius 3 is 1.40 bits per heavy atom. The fraction of sp³-hybridized carbons (Fsp3) is 0.529. The standard InChI is InChI=1S/C29H38N2.C5H10.2BF3.2FH.Fe/c1(3-6-12-26-13-9-10-14-26)2-4-11-21-30-22-17-27(18-23-30)28-19-24-31(25-20-28)29-15-7-5-8-16-29;1-2-4-5-3-1;2*2-1(3)4;;;/h5,7-8,15-20,22-26H,1-4,6,9-14,21H2;1-5H2;;;2*1H;/q+2;;;;;;/p-2. The van der Waals surface area contributed by atoms with Gasteiger partial charge in [-0.05, 0) is 23.5 Å². The Bertz CT molecular complexity index is 1070. The van der Waals surface area contributed by atoms with Gasteiger partial charge in [-0.25, -0.2) is 4.57 Å². The van der Waals surface area contributed by atoms with Gasteiger partial charge in [0.1, 0.15) is 6.54 Å². The maximum atomic E-state index is 9.67. The van der Waals surface area contributed by atoms with Crippen molar-refractivity contribution in [3.8, 4) is 16.8 Å². The van der Waals surface area contributed by atoms with Crippen LogP contribution in [0.3, 0.4) is 0 Å². The minimum atomic E-state index is -3.67. The third-order valence-electron chi connectivity index (χ3n) is 8.11. The van der Waals surface area contributed by atoms with Crippen LogP contribution in [0.15, 0.2) is 79.4 Å². The number of pyridine rings is 2. The molecule has 2 saturated carbocycles. The smallest absolute Gasteiger partial charge is 0.762 e. The summed E-state index contributed by atoms with van der Waals surface area (Å²) < 4.78 is 62.5. The van der Waals surface area contributed by atoms with Gasteiger partial charge in [0.2, 0.25) is 5.69 Å². The zero-order chi connectivity index (χ0) is 31.8. The second kappa shape index (κ2) is 29.7. The summed E-state index contributed by atoms with van der Waals surface area (Å²) in [6.07, 6.45) is 32.1. The maximum Gasteiger partial charge on any atom is 0.762 e. The number of rotatable bonds is 11. The van der Waals surface area contributed by atoms with Crippen LogP contribution in [-0.2, 0) is 23.6 Å². The van der Waals surface area contributed by atoms with Crippen LogP contribution < -0.4 is 18.5 Å². The zero-order valence-electron chi connectivity index (χ0n) is 27.0. The Hall–Kier alpha value is -2.39. The van der Waals surface area contributed by atoms with E-state index in [4.69, 9.17) is 0 Å². The first kappa shape index (κ1) is 46.7. The molecule has 264 valence electrons. The van der Waals surface area contributed by atoms with Crippen molar-refractivity contribution in [3.63, 3.8) is 0 Å². The third-order valence-corrected chi connectivity index (χ3v) is 8.11. The molecule has 2 aliphatic carbocycles. The van der Waals surface area contributed by atoms with Gasteiger partial charge in [0.15, 0.2) is 24.8 Å². The second-order valence-electron chi connectivity index (χ2n) is 11.5. The van der Waals surface area contributed by atoms with Crippen molar-refractivity contribution in [2.75, 3.05) is 0 Å². The van der Waals surface area contributed by atoms with Crippen molar-refractivity contribution >= 4 is 15.1 Å². The third kappa shape index (κ3) is 23.6. The van der Waals surface area contributed by atoms with Crippen molar-refractivity contribution in [2.24, 2.45) is 5.92 Å². The number of aromatic nitrogens is 2. The van der Waals surface area contributed by atoms with Gasteiger partial charge in [-0.1, -0.05) is 108 Å². The molecule has 0 aliphatic heterocycles. The number of unbranched alkanes of at least 4 members (excludes halogenated alkanes) is 5. The molecule has 0 amide bonds. The van der Waals surface area contributed by atoms with Crippen molar-refractivity contribution in [1.29, 1.82) is 0 Å². The molecule has 0 saturated heterocycles. The Kier molecular flexibility index (Phi) is 29.6. The van der Waals surface area contributed by atoms with Crippen LogP contribution in [0.4, 0.5) is 25.9 Å². The Morgan fingerprint density at radius 2 is 0.936 bits per heavy atom. The molecule has 2 aromatic heterocycles.